The lowest BCUT2D eigenvalue weighted by Gasteiger charge is -2.11. The van der Waals surface area contributed by atoms with Crippen LogP contribution in [-0.4, -0.2) is 32.7 Å². The van der Waals surface area contributed by atoms with Gasteiger partial charge in [-0.15, -0.1) is 16.4 Å². The number of anilines is 2. The van der Waals surface area contributed by atoms with Gasteiger partial charge in [-0.05, 0) is 60.4 Å². The van der Waals surface area contributed by atoms with E-state index >= 15 is 0 Å². The highest BCUT2D eigenvalue weighted by Crippen LogP contribution is 2.20. The number of para-hydroxylation sites is 1. The van der Waals surface area contributed by atoms with Crippen LogP contribution in [0.2, 0.25) is 0 Å². The van der Waals surface area contributed by atoms with Gasteiger partial charge in [-0.1, -0.05) is 42.1 Å². The molecule has 0 bridgehead atoms. The van der Waals surface area contributed by atoms with Crippen molar-refractivity contribution >= 4 is 58.4 Å². The fourth-order valence-electron chi connectivity index (χ4n) is 2.97. The van der Waals surface area contributed by atoms with E-state index in [0.717, 1.165) is 10.4 Å². The minimum absolute atomic E-state index is 0.111. The molecule has 0 fully saturated rings. The summed E-state index contributed by atoms with van der Waals surface area (Å²) in [6, 6.07) is 18.4. The number of hydrogen-bond donors (Lipinski definition) is 3. The molecule has 2 aromatic carbocycles. The van der Waals surface area contributed by atoms with Crippen LogP contribution in [0.25, 0.3) is 12.2 Å². The maximum Gasteiger partial charge on any atom is 0.257 e. The van der Waals surface area contributed by atoms with Crippen molar-refractivity contribution in [3.8, 4) is 0 Å². The van der Waals surface area contributed by atoms with Crippen LogP contribution in [-0.2, 0) is 4.79 Å². The van der Waals surface area contributed by atoms with E-state index in [0.29, 0.717) is 27.9 Å². The average molecular weight is 476 g/mol. The first-order valence-electron chi connectivity index (χ1n) is 10.1. The molecule has 2 heterocycles. The van der Waals surface area contributed by atoms with E-state index in [1.165, 1.54) is 11.8 Å². The molecule has 0 aliphatic rings. The fraction of sp³-hybridized carbons (Fsp3) is 0.0833. The normalized spacial score (nSPS) is 10.9. The lowest BCUT2D eigenvalue weighted by Crippen LogP contribution is -2.19. The Bertz CT molecular complexity index is 1280. The summed E-state index contributed by atoms with van der Waals surface area (Å²) in [5.74, 6) is 0.181. The third-order valence-electron chi connectivity index (χ3n) is 4.48. The van der Waals surface area contributed by atoms with Crippen LogP contribution in [0.15, 0.2) is 71.2 Å². The second-order valence-corrected chi connectivity index (χ2v) is 8.98. The van der Waals surface area contributed by atoms with E-state index in [-0.39, 0.29) is 17.6 Å². The molecule has 9 heteroatoms. The highest BCUT2D eigenvalue weighted by atomic mass is 32.2. The van der Waals surface area contributed by atoms with Crippen LogP contribution in [0, 0.1) is 6.92 Å². The van der Waals surface area contributed by atoms with Crippen molar-refractivity contribution in [3.63, 3.8) is 0 Å². The number of aryl methyl sites for hydroxylation is 1. The Hall–Kier alpha value is -3.69. The number of carbonyl (C=O) groups excluding carboxylic acids is 2. The summed E-state index contributed by atoms with van der Waals surface area (Å²) in [7, 11) is 0. The summed E-state index contributed by atoms with van der Waals surface area (Å²) >= 11 is 2.85. The van der Waals surface area contributed by atoms with Crippen LogP contribution in [0.4, 0.5) is 11.4 Å². The molecule has 0 atom stereocenters. The number of amides is 2. The quantitative estimate of drug-likeness (QED) is 0.299. The molecular weight excluding hydrogens is 454 g/mol. The van der Waals surface area contributed by atoms with Crippen LogP contribution in [0.1, 0.15) is 26.6 Å². The Morgan fingerprint density at radius 2 is 1.94 bits per heavy atom. The summed E-state index contributed by atoms with van der Waals surface area (Å²) in [4.78, 5) is 30.7. The van der Waals surface area contributed by atoms with Crippen LogP contribution in [0.3, 0.4) is 0 Å². The van der Waals surface area contributed by atoms with Crippen molar-refractivity contribution in [1.29, 1.82) is 0 Å². The Balaban J connectivity index is 1.34. The predicted molar refractivity (Wildman–Crippen MR) is 135 cm³/mol. The van der Waals surface area contributed by atoms with E-state index in [2.05, 4.69) is 25.8 Å². The molecule has 166 valence electrons. The van der Waals surface area contributed by atoms with Gasteiger partial charge in [0, 0.05) is 10.6 Å². The van der Waals surface area contributed by atoms with Gasteiger partial charge >= 0.3 is 0 Å². The third-order valence-corrected chi connectivity index (χ3v) is 6.17. The molecular formula is C24H21N5O2S2. The molecule has 33 heavy (non-hydrogen) atoms. The number of H-pyrrole nitrogens is 1. The number of rotatable bonds is 8. The Kier molecular flexibility index (Phi) is 7.33. The summed E-state index contributed by atoms with van der Waals surface area (Å²) in [6.45, 7) is 1.96. The standard InChI is InChI=1S/C24H21N5O2S2/c1-16-6-4-7-17(14-16)25-23(31)19-9-2-3-10-20(19)26-22(30)15-33-24-27-21(28-29-24)12-11-18-8-5-13-32-18/h2-14H,15H2,1H3,(H,25,31)(H,26,30)(H,27,28,29)/b12-11+. The highest BCUT2D eigenvalue weighted by Gasteiger charge is 2.14. The SMILES string of the molecule is Cc1cccc(NC(=O)c2ccccc2NC(=O)CSc2n[nH]c(/C=C/c3cccs3)n2)c1. The minimum atomic E-state index is -0.291. The van der Waals surface area contributed by atoms with Gasteiger partial charge in [0.25, 0.3) is 5.91 Å². The van der Waals surface area contributed by atoms with Crippen LogP contribution >= 0.6 is 23.1 Å². The van der Waals surface area contributed by atoms with E-state index in [9.17, 15) is 9.59 Å². The monoisotopic (exact) mass is 475 g/mol. The minimum Gasteiger partial charge on any atom is -0.325 e. The zero-order valence-corrected chi connectivity index (χ0v) is 19.4. The summed E-state index contributed by atoms with van der Waals surface area (Å²) in [5, 5.41) is 15.1. The van der Waals surface area contributed by atoms with Gasteiger partial charge in [-0.3, -0.25) is 14.7 Å². The van der Waals surface area contributed by atoms with Crippen LogP contribution < -0.4 is 10.6 Å². The average Bonchev–Trinajstić information content (AvgIpc) is 3.49. The van der Waals surface area contributed by atoms with Crippen molar-refractivity contribution in [2.45, 2.75) is 12.1 Å². The molecule has 0 saturated carbocycles. The van der Waals surface area contributed by atoms with E-state index in [1.54, 1.807) is 35.6 Å². The van der Waals surface area contributed by atoms with Gasteiger partial charge in [0.1, 0.15) is 5.82 Å². The molecule has 2 amide bonds. The molecule has 0 aliphatic carbocycles. The van der Waals surface area contributed by atoms with Crippen molar-refractivity contribution in [2.24, 2.45) is 0 Å². The molecule has 0 saturated heterocycles. The maximum absolute atomic E-state index is 12.8. The Morgan fingerprint density at radius 1 is 1.06 bits per heavy atom. The lowest BCUT2D eigenvalue weighted by molar-refractivity contribution is -0.113. The summed E-state index contributed by atoms with van der Waals surface area (Å²) < 4.78 is 0. The van der Waals surface area contributed by atoms with Crippen LogP contribution in [0.5, 0.6) is 0 Å². The topological polar surface area (TPSA) is 99.8 Å². The molecule has 7 nitrogen and oxygen atoms in total. The molecule has 2 aromatic heterocycles. The first-order valence-corrected chi connectivity index (χ1v) is 12.0. The van der Waals surface area contributed by atoms with Gasteiger partial charge in [0.15, 0.2) is 0 Å². The number of nitrogens with one attached hydrogen (secondary N) is 3. The smallest absolute Gasteiger partial charge is 0.257 e. The lowest BCUT2D eigenvalue weighted by atomic mass is 10.1. The summed E-state index contributed by atoms with van der Waals surface area (Å²) in [5.41, 5.74) is 2.58. The van der Waals surface area contributed by atoms with Gasteiger partial charge in [0.05, 0.1) is 17.0 Å². The van der Waals surface area contributed by atoms with Crippen molar-refractivity contribution < 1.29 is 9.59 Å². The third kappa shape index (κ3) is 6.41. The first kappa shape index (κ1) is 22.5. The second-order valence-electron chi connectivity index (χ2n) is 7.06. The van der Waals surface area contributed by atoms with Crippen molar-refractivity contribution in [3.05, 3.63) is 87.9 Å². The molecule has 0 spiro atoms. The van der Waals surface area contributed by atoms with Gasteiger partial charge in [0.2, 0.25) is 11.1 Å². The fourth-order valence-corrected chi connectivity index (χ4v) is 4.20. The number of thioether (sulfide) groups is 1. The van der Waals surface area contributed by atoms with E-state index in [4.69, 9.17) is 0 Å². The van der Waals surface area contributed by atoms with E-state index in [1.807, 2.05) is 60.9 Å². The number of carbonyl (C=O) groups is 2. The molecule has 3 N–H and O–H groups in total. The predicted octanol–water partition coefficient (Wildman–Crippen LogP) is 5.33. The largest absolute Gasteiger partial charge is 0.325 e. The molecule has 0 aliphatic heterocycles. The zero-order valence-electron chi connectivity index (χ0n) is 17.7. The molecule has 4 rings (SSSR count). The van der Waals surface area contributed by atoms with Crippen molar-refractivity contribution in [1.82, 2.24) is 15.2 Å². The number of thiophene rings is 1. The first-order chi connectivity index (χ1) is 16.1. The summed E-state index contributed by atoms with van der Waals surface area (Å²) in [6.07, 6.45) is 3.79. The Labute approximate surface area is 199 Å². The number of aromatic amines is 1. The Morgan fingerprint density at radius 3 is 2.76 bits per heavy atom. The number of aromatic nitrogens is 3. The van der Waals surface area contributed by atoms with Gasteiger partial charge in [-0.2, -0.15) is 0 Å². The second kappa shape index (κ2) is 10.8. The number of benzene rings is 2. The molecule has 0 radical (unpaired) electrons. The van der Waals surface area contributed by atoms with Crippen molar-refractivity contribution in [2.75, 3.05) is 16.4 Å². The zero-order chi connectivity index (χ0) is 23.0. The van der Waals surface area contributed by atoms with Gasteiger partial charge in [-0.25, -0.2) is 4.98 Å². The number of nitrogens with zero attached hydrogens (tertiary/aromatic N) is 2. The molecule has 4 aromatic rings. The maximum atomic E-state index is 12.8. The highest BCUT2D eigenvalue weighted by molar-refractivity contribution is 7.99. The van der Waals surface area contributed by atoms with Gasteiger partial charge < -0.3 is 10.6 Å². The number of hydrogen-bond acceptors (Lipinski definition) is 6. The molecule has 0 unspecified atom stereocenters. The van der Waals surface area contributed by atoms with E-state index < -0.39 is 0 Å².